The maximum atomic E-state index is 12.7. The minimum atomic E-state index is -0.238. The van der Waals surface area contributed by atoms with Crippen LogP contribution in [0.2, 0.25) is 0 Å². The second-order valence-electron chi connectivity index (χ2n) is 6.44. The molecule has 24 heavy (non-hydrogen) atoms. The number of hydrogen-bond acceptors (Lipinski definition) is 3. The van der Waals surface area contributed by atoms with Crippen molar-refractivity contribution in [3.8, 4) is 11.1 Å². The Bertz CT molecular complexity index is 707. The fraction of sp³-hybridized carbons (Fsp3) is 0.350. The smallest absolute Gasteiger partial charge is 0.410 e. The highest BCUT2D eigenvalue weighted by molar-refractivity contribution is 5.81. The zero-order valence-electron chi connectivity index (χ0n) is 13.9. The van der Waals surface area contributed by atoms with Gasteiger partial charge in [0, 0.05) is 6.04 Å². The summed E-state index contributed by atoms with van der Waals surface area (Å²) >= 11 is 0. The van der Waals surface area contributed by atoms with Gasteiger partial charge in [-0.3, -0.25) is 4.90 Å². The van der Waals surface area contributed by atoms with E-state index in [1.165, 1.54) is 29.4 Å². The van der Waals surface area contributed by atoms with Gasteiger partial charge in [0.05, 0.1) is 13.2 Å². The van der Waals surface area contributed by atoms with Crippen LogP contribution in [0.15, 0.2) is 48.5 Å². The van der Waals surface area contributed by atoms with Crippen molar-refractivity contribution in [2.45, 2.75) is 24.9 Å². The molecular formula is C20H22N2O2. The van der Waals surface area contributed by atoms with Gasteiger partial charge in [-0.1, -0.05) is 48.5 Å². The minimum Gasteiger partial charge on any atom is -0.453 e. The number of rotatable bonds is 2. The van der Waals surface area contributed by atoms with Crippen LogP contribution in [0, 0.1) is 0 Å². The van der Waals surface area contributed by atoms with Gasteiger partial charge < -0.3 is 10.1 Å². The number of methoxy groups -OCH3 is 1. The van der Waals surface area contributed by atoms with Crippen molar-refractivity contribution in [1.29, 1.82) is 0 Å². The van der Waals surface area contributed by atoms with Gasteiger partial charge in [-0.25, -0.2) is 4.79 Å². The molecule has 0 aromatic heterocycles. The van der Waals surface area contributed by atoms with Crippen LogP contribution < -0.4 is 5.32 Å². The monoisotopic (exact) mass is 322 g/mol. The third-order valence-electron chi connectivity index (χ3n) is 5.17. The number of carbonyl (C=O) groups excluding carboxylic acids is 1. The van der Waals surface area contributed by atoms with Crippen LogP contribution in [0.5, 0.6) is 0 Å². The van der Waals surface area contributed by atoms with E-state index in [0.29, 0.717) is 0 Å². The van der Waals surface area contributed by atoms with E-state index in [9.17, 15) is 4.79 Å². The van der Waals surface area contributed by atoms with Gasteiger partial charge in [0.1, 0.15) is 0 Å². The van der Waals surface area contributed by atoms with Crippen LogP contribution in [0.3, 0.4) is 0 Å². The maximum absolute atomic E-state index is 12.7. The highest BCUT2D eigenvalue weighted by Crippen LogP contribution is 2.47. The summed E-state index contributed by atoms with van der Waals surface area (Å²) in [5.74, 6) is 0. The van der Waals surface area contributed by atoms with Crippen LogP contribution in [0.4, 0.5) is 4.79 Å². The molecule has 1 amide bonds. The van der Waals surface area contributed by atoms with E-state index in [2.05, 4.69) is 53.8 Å². The first-order valence-corrected chi connectivity index (χ1v) is 8.56. The molecule has 1 heterocycles. The molecule has 1 N–H and O–H groups in total. The molecular weight excluding hydrogens is 300 g/mol. The van der Waals surface area contributed by atoms with Crippen molar-refractivity contribution >= 4 is 6.09 Å². The number of benzene rings is 2. The Labute approximate surface area is 142 Å². The number of carbonyl (C=O) groups is 1. The highest BCUT2D eigenvalue weighted by Gasteiger charge is 2.39. The zero-order valence-corrected chi connectivity index (χ0v) is 13.9. The molecule has 0 spiro atoms. The predicted molar refractivity (Wildman–Crippen MR) is 93.9 cm³/mol. The molecule has 0 unspecified atom stereocenters. The molecule has 0 atom stereocenters. The van der Waals surface area contributed by atoms with Crippen molar-refractivity contribution in [3.05, 3.63) is 59.7 Å². The number of amides is 1. The Balaban J connectivity index is 1.84. The standard InChI is InChI=1S/C20H22N2O2/c1-24-20(23)22(14-10-12-21-13-11-14)19-17-8-4-2-6-15(17)16-7-3-5-9-18(16)19/h2-9,14,19,21H,10-13H2,1H3. The summed E-state index contributed by atoms with van der Waals surface area (Å²) in [6.07, 6.45) is 1.67. The van der Waals surface area contributed by atoms with Gasteiger partial charge in [0.25, 0.3) is 0 Å². The van der Waals surface area contributed by atoms with E-state index in [4.69, 9.17) is 4.74 Å². The molecule has 0 bridgehead atoms. The fourth-order valence-electron chi connectivity index (χ4n) is 4.08. The second-order valence-corrected chi connectivity index (χ2v) is 6.44. The third-order valence-corrected chi connectivity index (χ3v) is 5.17. The molecule has 1 aliphatic carbocycles. The van der Waals surface area contributed by atoms with Gasteiger partial charge in [-0.2, -0.15) is 0 Å². The highest BCUT2D eigenvalue weighted by atomic mass is 16.5. The average molecular weight is 322 g/mol. The van der Waals surface area contributed by atoms with Crippen molar-refractivity contribution in [1.82, 2.24) is 10.2 Å². The molecule has 0 saturated carbocycles. The third kappa shape index (κ3) is 2.38. The molecule has 124 valence electrons. The number of fused-ring (bicyclic) bond motifs is 3. The number of piperidine rings is 1. The summed E-state index contributed by atoms with van der Waals surface area (Å²) in [5.41, 5.74) is 4.84. The van der Waals surface area contributed by atoms with Crippen molar-refractivity contribution in [2.24, 2.45) is 0 Å². The van der Waals surface area contributed by atoms with Crippen LogP contribution in [0.1, 0.15) is 30.0 Å². The van der Waals surface area contributed by atoms with Crippen LogP contribution in [-0.4, -0.2) is 37.2 Å². The number of hydrogen-bond donors (Lipinski definition) is 1. The van der Waals surface area contributed by atoms with E-state index in [1.54, 1.807) is 0 Å². The van der Waals surface area contributed by atoms with Crippen LogP contribution in [-0.2, 0) is 4.74 Å². The summed E-state index contributed by atoms with van der Waals surface area (Å²) in [6, 6.07) is 16.9. The first-order chi connectivity index (χ1) is 11.8. The SMILES string of the molecule is COC(=O)N(C1CCNCC1)C1c2ccccc2-c2ccccc21. The predicted octanol–water partition coefficient (Wildman–Crippen LogP) is 3.58. The topological polar surface area (TPSA) is 41.6 Å². The molecule has 4 rings (SSSR count). The molecule has 0 radical (unpaired) electrons. The lowest BCUT2D eigenvalue weighted by atomic mass is 9.97. The average Bonchev–Trinajstić information content (AvgIpc) is 2.98. The summed E-state index contributed by atoms with van der Waals surface area (Å²) in [7, 11) is 1.48. The van der Waals surface area contributed by atoms with E-state index < -0.39 is 0 Å². The lowest BCUT2D eigenvalue weighted by Gasteiger charge is -2.38. The quantitative estimate of drug-likeness (QED) is 0.919. The zero-order chi connectivity index (χ0) is 16.5. The van der Waals surface area contributed by atoms with E-state index in [-0.39, 0.29) is 18.2 Å². The molecule has 4 heteroatoms. The summed E-state index contributed by atoms with van der Waals surface area (Å²) in [4.78, 5) is 14.7. The van der Waals surface area contributed by atoms with Crippen molar-refractivity contribution < 1.29 is 9.53 Å². The Morgan fingerprint density at radius 1 is 1.00 bits per heavy atom. The number of nitrogens with zero attached hydrogens (tertiary/aromatic N) is 1. The second kappa shape index (κ2) is 6.29. The molecule has 2 aromatic carbocycles. The Hall–Kier alpha value is -2.33. The van der Waals surface area contributed by atoms with E-state index in [0.717, 1.165) is 25.9 Å². The molecule has 1 fully saturated rings. The van der Waals surface area contributed by atoms with E-state index >= 15 is 0 Å². The lowest BCUT2D eigenvalue weighted by Crippen LogP contribution is -2.47. The summed E-state index contributed by atoms with van der Waals surface area (Å²) in [5, 5.41) is 3.38. The summed E-state index contributed by atoms with van der Waals surface area (Å²) < 4.78 is 5.17. The van der Waals surface area contributed by atoms with Gasteiger partial charge in [-0.15, -0.1) is 0 Å². The first-order valence-electron chi connectivity index (χ1n) is 8.56. The maximum Gasteiger partial charge on any atom is 0.410 e. The fourth-order valence-corrected chi connectivity index (χ4v) is 4.08. The van der Waals surface area contributed by atoms with Crippen LogP contribution >= 0.6 is 0 Å². The normalized spacial score (nSPS) is 17.2. The molecule has 1 aliphatic heterocycles. The minimum absolute atomic E-state index is 0.0621. The Kier molecular flexibility index (Phi) is 3.98. The summed E-state index contributed by atoms with van der Waals surface area (Å²) in [6.45, 7) is 1.88. The largest absolute Gasteiger partial charge is 0.453 e. The number of nitrogens with one attached hydrogen (secondary N) is 1. The Morgan fingerprint density at radius 3 is 2.08 bits per heavy atom. The van der Waals surface area contributed by atoms with Gasteiger partial charge in [0.2, 0.25) is 0 Å². The van der Waals surface area contributed by atoms with E-state index in [1.807, 2.05) is 4.90 Å². The van der Waals surface area contributed by atoms with Gasteiger partial charge >= 0.3 is 6.09 Å². The molecule has 2 aliphatic rings. The molecule has 4 nitrogen and oxygen atoms in total. The van der Waals surface area contributed by atoms with Crippen molar-refractivity contribution in [3.63, 3.8) is 0 Å². The van der Waals surface area contributed by atoms with Crippen molar-refractivity contribution in [2.75, 3.05) is 20.2 Å². The first kappa shape index (κ1) is 15.2. The van der Waals surface area contributed by atoms with Gasteiger partial charge in [0.15, 0.2) is 0 Å². The van der Waals surface area contributed by atoms with Gasteiger partial charge in [-0.05, 0) is 48.2 Å². The number of ether oxygens (including phenoxy) is 1. The lowest BCUT2D eigenvalue weighted by molar-refractivity contribution is 0.0811. The molecule has 1 saturated heterocycles. The van der Waals surface area contributed by atoms with Crippen LogP contribution in [0.25, 0.3) is 11.1 Å². The molecule has 2 aromatic rings. The Morgan fingerprint density at radius 2 is 1.54 bits per heavy atom.